The lowest BCUT2D eigenvalue weighted by Gasteiger charge is -2.59. The lowest BCUT2D eigenvalue weighted by atomic mass is 9.46. The third-order valence-corrected chi connectivity index (χ3v) is 10.5. The number of carbonyl (C=O) groups excluding carboxylic acids is 1. The van der Waals surface area contributed by atoms with Crippen molar-refractivity contribution in [2.45, 2.75) is 83.5 Å². The van der Waals surface area contributed by atoms with Gasteiger partial charge in [-0.05, 0) is 80.8 Å². The predicted molar refractivity (Wildman–Crippen MR) is 133 cm³/mol. The maximum absolute atomic E-state index is 12.6. The number of hydrogen-bond acceptors (Lipinski definition) is 6. The van der Waals surface area contributed by atoms with Crippen LogP contribution in [0.2, 0.25) is 0 Å². The Kier molecular flexibility index (Phi) is 6.12. The molecule has 0 radical (unpaired) electrons. The standard InChI is InChI=1S/C29H39NO5/c1-18(30-33)29(34-4)25(31)17-24-22-11-10-20-16-21(35-26(32)19-8-6-5-7-9-19)12-14-27(20,2)23(22)13-15-28(24,29)3/h5-10,21-25,31,33H,11-17H2,1-4H3/t21-,22+,23+,24+,25+,27-,28-,29-/m0/s1. The zero-order chi connectivity index (χ0) is 25.0. The molecule has 0 spiro atoms. The molecule has 6 nitrogen and oxygen atoms in total. The second-order valence-electron chi connectivity index (χ2n) is 11.7. The number of aliphatic hydroxyl groups excluding tert-OH is 1. The number of oxime groups is 1. The molecule has 0 saturated heterocycles. The average Bonchev–Trinajstić information content (AvgIpc) is 3.10. The van der Waals surface area contributed by atoms with E-state index in [1.807, 2.05) is 18.2 Å². The van der Waals surface area contributed by atoms with Crippen molar-refractivity contribution in [3.8, 4) is 0 Å². The van der Waals surface area contributed by atoms with Gasteiger partial charge in [-0.2, -0.15) is 0 Å². The minimum Gasteiger partial charge on any atom is -0.458 e. The highest BCUT2D eigenvalue weighted by Gasteiger charge is 2.69. The van der Waals surface area contributed by atoms with Crippen LogP contribution in [0.4, 0.5) is 0 Å². The van der Waals surface area contributed by atoms with Crippen molar-refractivity contribution < 1.29 is 24.6 Å². The molecule has 6 heteroatoms. The van der Waals surface area contributed by atoms with Crippen molar-refractivity contribution in [3.63, 3.8) is 0 Å². The van der Waals surface area contributed by atoms with Gasteiger partial charge in [-0.1, -0.05) is 48.9 Å². The van der Waals surface area contributed by atoms with Gasteiger partial charge in [-0.15, -0.1) is 0 Å². The van der Waals surface area contributed by atoms with Crippen molar-refractivity contribution in [1.29, 1.82) is 0 Å². The van der Waals surface area contributed by atoms with Gasteiger partial charge >= 0.3 is 5.97 Å². The van der Waals surface area contributed by atoms with Gasteiger partial charge in [-0.25, -0.2) is 4.79 Å². The molecule has 4 aliphatic rings. The van der Waals surface area contributed by atoms with Gasteiger partial charge < -0.3 is 19.8 Å². The van der Waals surface area contributed by atoms with Crippen LogP contribution in [0.3, 0.4) is 0 Å². The zero-order valence-electron chi connectivity index (χ0n) is 21.4. The van der Waals surface area contributed by atoms with E-state index in [1.54, 1.807) is 26.2 Å². The van der Waals surface area contributed by atoms with Gasteiger partial charge in [0.15, 0.2) is 0 Å². The molecular weight excluding hydrogens is 442 g/mol. The Bertz CT molecular complexity index is 1040. The molecule has 0 heterocycles. The molecular formula is C29H39NO5. The first kappa shape index (κ1) is 24.5. The molecule has 3 fully saturated rings. The number of aliphatic hydroxyl groups is 1. The first-order valence-electron chi connectivity index (χ1n) is 13.1. The summed E-state index contributed by atoms with van der Waals surface area (Å²) in [6.07, 6.45) is 7.93. The molecule has 8 atom stereocenters. The molecule has 5 rings (SSSR count). The summed E-state index contributed by atoms with van der Waals surface area (Å²) in [5.74, 6) is 1.02. The number of ether oxygens (including phenoxy) is 2. The van der Waals surface area contributed by atoms with E-state index < -0.39 is 11.7 Å². The molecule has 0 unspecified atom stereocenters. The predicted octanol–water partition coefficient (Wildman–Crippen LogP) is 5.38. The van der Waals surface area contributed by atoms with Crippen molar-refractivity contribution in [3.05, 3.63) is 47.5 Å². The van der Waals surface area contributed by atoms with E-state index in [2.05, 4.69) is 25.1 Å². The number of allylic oxidation sites excluding steroid dienone is 1. The summed E-state index contributed by atoms with van der Waals surface area (Å²) in [6, 6.07) is 9.23. The SMILES string of the molecule is CO[C@@]1(C(C)=NO)[C@H](O)C[C@@H]2[C@@H]3CC=C4C[C@@H](OC(=O)c5ccccc5)CC[C@]4(C)[C@@H]3CC[C@@]21C. The number of hydrogen-bond donors (Lipinski definition) is 2. The highest BCUT2D eigenvalue weighted by Crippen LogP contribution is 2.68. The first-order chi connectivity index (χ1) is 16.7. The molecule has 190 valence electrons. The second kappa shape index (κ2) is 8.74. The highest BCUT2D eigenvalue weighted by molar-refractivity contribution is 5.92. The normalized spacial score (nSPS) is 42.9. The Hall–Kier alpha value is -2.18. The molecule has 3 saturated carbocycles. The van der Waals surface area contributed by atoms with E-state index in [9.17, 15) is 15.1 Å². The maximum atomic E-state index is 12.6. The van der Waals surface area contributed by atoms with Gasteiger partial charge in [0, 0.05) is 18.9 Å². The quantitative estimate of drug-likeness (QED) is 0.198. The summed E-state index contributed by atoms with van der Waals surface area (Å²) >= 11 is 0. The van der Waals surface area contributed by atoms with E-state index >= 15 is 0 Å². The van der Waals surface area contributed by atoms with Gasteiger partial charge in [0.2, 0.25) is 0 Å². The Morgan fingerprint density at radius 3 is 2.54 bits per heavy atom. The minimum atomic E-state index is -0.953. The van der Waals surface area contributed by atoms with Gasteiger partial charge in [0.1, 0.15) is 11.7 Å². The molecule has 1 aromatic rings. The van der Waals surface area contributed by atoms with E-state index in [1.165, 1.54) is 5.57 Å². The Balaban J connectivity index is 1.38. The number of esters is 1. The molecule has 1 aromatic carbocycles. The molecule has 0 amide bonds. The summed E-state index contributed by atoms with van der Waals surface area (Å²) in [7, 11) is 1.63. The summed E-state index contributed by atoms with van der Waals surface area (Å²) in [5.41, 5.74) is 1.35. The van der Waals surface area contributed by atoms with E-state index in [-0.39, 0.29) is 28.8 Å². The molecule has 2 N–H and O–H groups in total. The van der Waals surface area contributed by atoms with Crippen molar-refractivity contribution in [1.82, 2.24) is 0 Å². The Morgan fingerprint density at radius 1 is 1.11 bits per heavy atom. The van der Waals surface area contributed by atoms with Gasteiger partial charge in [-0.3, -0.25) is 0 Å². The monoisotopic (exact) mass is 481 g/mol. The molecule has 35 heavy (non-hydrogen) atoms. The Labute approximate surface area is 208 Å². The lowest BCUT2D eigenvalue weighted by Crippen LogP contribution is -2.60. The van der Waals surface area contributed by atoms with Crippen LogP contribution in [0.15, 0.2) is 47.1 Å². The summed E-state index contributed by atoms with van der Waals surface area (Å²) in [6.45, 7) is 6.40. The number of rotatable bonds is 4. The number of carbonyl (C=O) groups is 1. The largest absolute Gasteiger partial charge is 0.458 e. The summed E-state index contributed by atoms with van der Waals surface area (Å²) in [4.78, 5) is 12.6. The van der Waals surface area contributed by atoms with Crippen LogP contribution in [0, 0.1) is 28.6 Å². The van der Waals surface area contributed by atoms with Crippen molar-refractivity contribution in [2.75, 3.05) is 7.11 Å². The van der Waals surface area contributed by atoms with Gasteiger partial charge in [0.05, 0.1) is 17.4 Å². The van der Waals surface area contributed by atoms with E-state index in [0.29, 0.717) is 29.5 Å². The minimum absolute atomic E-state index is 0.0784. The van der Waals surface area contributed by atoms with Crippen LogP contribution in [0.5, 0.6) is 0 Å². The third kappa shape index (κ3) is 3.43. The van der Waals surface area contributed by atoms with E-state index in [0.717, 1.165) is 38.5 Å². The number of methoxy groups -OCH3 is 1. The van der Waals surface area contributed by atoms with Gasteiger partial charge in [0.25, 0.3) is 0 Å². The topological polar surface area (TPSA) is 88.3 Å². The van der Waals surface area contributed by atoms with Crippen LogP contribution in [0.25, 0.3) is 0 Å². The molecule has 0 aliphatic heterocycles. The highest BCUT2D eigenvalue weighted by atomic mass is 16.5. The van der Waals surface area contributed by atoms with Crippen LogP contribution in [-0.4, -0.2) is 46.9 Å². The van der Waals surface area contributed by atoms with Crippen LogP contribution in [0.1, 0.15) is 76.1 Å². The molecule has 4 aliphatic carbocycles. The second-order valence-corrected chi connectivity index (χ2v) is 11.7. The fourth-order valence-corrected chi connectivity index (χ4v) is 8.77. The smallest absolute Gasteiger partial charge is 0.338 e. The molecule has 0 bridgehead atoms. The molecule has 0 aromatic heterocycles. The van der Waals surface area contributed by atoms with Crippen LogP contribution >= 0.6 is 0 Å². The van der Waals surface area contributed by atoms with E-state index in [4.69, 9.17) is 9.47 Å². The zero-order valence-corrected chi connectivity index (χ0v) is 21.4. The first-order valence-corrected chi connectivity index (χ1v) is 13.1. The van der Waals surface area contributed by atoms with Crippen LogP contribution < -0.4 is 0 Å². The van der Waals surface area contributed by atoms with Crippen molar-refractivity contribution >= 4 is 11.7 Å². The summed E-state index contributed by atoms with van der Waals surface area (Å²) in [5, 5.41) is 24.4. The number of fused-ring (bicyclic) bond motifs is 5. The number of benzene rings is 1. The fourth-order valence-electron chi connectivity index (χ4n) is 8.77. The van der Waals surface area contributed by atoms with Crippen LogP contribution in [-0.2, 0) is 9.47 Å². The number of nitrogens with zero attached hydrogens (tertiary/aromatic N) is 1. The lowest BCUT2D eigenvalue weighted by molar-refractivity contribution is -0.131. The summed E-state index contributed by atoms with van der Waals surface area (Å²) < 4.78 is 12.0. The average molecular weight is 482 g/mol. The third-order valence-electron chi connectivity index (χ3n) is 10.5. The maximum Gasteiger partial charge on any atom is 0.338 e. The fraction of sp³-hybridized carbons (Fsp3) is 0.655. The van der Waals surface area contributed by atoms with Crippen molar-refractivity contribution in [2.24, 2.45) is 33.7 Å². The Morgan fingerprint density at radius 2 is 1.86 bits per heavy atom.